The molecule has 0 unspecified atom stereocenters. The van der Waals surface area contributed by atoms with Gasteiger partial charge in [-0.1, -0.05) is 0 Å². The Morgan fingerprint density at radius 2 is 2.18 bits per heavy atom. The molecule has 0 aromatic carbocycles. The number of pyridine rings is 1. The minimum absolute atomic E-state index is 0.151. The largest absolute Gasteiger partial charge is 0.459 e. The number of carbonyl (C=O) groups is 1. The molecule has 1 aromatic heterocycles. The fourth-order valence-corrected chi connectivity index (χ4v) is 1.22. The van der Waals surface area contributed by atoms with E-state index in [1.54, 1.807) is 20.8 Å². The zero-order chi connectivity index (χ0) is 13.1. The van der Waals surface area contributed by atoms with Gasteiger partial charge < -0.3 is 9.30 Å². The molecule has 0 spiro atoms. The van der Waals surface area contributed by atoms with E-state index in [2.05, 4.69) is 0 Å². The molecule has 0 amide bonds. The smallest absolute Gasteiger partial charge is 0.326 e. The summed E-state index contributed by atoms with van der Waals surface area (Å²) >= 11 is 0. The summed E-state index contributed by atoms with van der Waals surface area (Å²) in [4.78, 5) is 23.0. The van der Waals surface area contributed by atoms with Crippen LogP contribution in [0.5, 0.6) is 0 Å². The van der Waals surface area contributed by atoms with Crippen LogP contribution in [0.15, 0.2) is 23.1 Å². The molecule has 5 heteroatoms. The monoisotopic (exact) mass is 234 g/mol. The Morgan fingerprint density at radius 1 is 1.53 bits per heavy atom. The third kappa shape index (κ3) is 4.11. The Kier molecular flexibility index (Phi) is 3.69. The molecule has 0 N–H and O–H groups in total. The van der Waals surface area contributed by atoms with Crippen LogP contribution in [-0.2, 0) is 16.1 Å². The van der Waals surface area contributed by atoms with Crippen LogP contribution in [0.4, 0.5) is 0 Å². The van der Waals surface area contributed by atoms with Crippen molar-refractivity contribution in [2.75, 3.05) is 0 Å². The molecule has 17 heavy (non-hydrogen) atoms. The number of ether oxygens (including phenoxy) is 1. The van der Waals surface area contributed by atoms with Gasteiger partial charge in [-0.05, 0) is 26.8 Å². The second kappa shape index (κ2) is 4.83. The molecule has 0 aliphatic rings. The number of hydrogen-bond donors (Lipinski definition) is 0. The highest BCUT2D eigenvalue weighted by atomic mass is 16.6. The van der Waals surface area contributed by atoms with E-state index in [9.17, 15) is 9.59 Å². The van der Waals surface area contributed by atoms with Crippen LogP contribution in [0.3, 0.4) is 0 Å². The molecule has 0 atom stereocenters. The van der Waals surface area contributed by atoms with Crippen molar-refractivity contribution in [3.63, 3.8) is 0 Å². The number of carbonyl (C=O) groups excluding carboxylic acids is 1. The van der Waals surface area contributed by atoms with Crippen molar-refractivity contribution in [1.29, 1.82) is 5.26 Å². The van der Waals surface area contributed by atoms with E-state index in [0.29, 0.717) is 0 Å². The minimum Gasteiger partial charge on any atom is -0.459 e. The Hall–Kier alpha value is -2.09. The number of nitriles is 1. The summed E-state index contributed by atoms with van der Waals surface area (Å²) < 4.78 is 6.29. The summed E-state index contributed by atoms with van der Waals surface area (Å²) in [5.41, 5.74) is -0.696. The van der Waals surface area contributed by atoms with Gasteiger partial charge in [-0.3, -0.25) is 9.59 Å². The topological polar surface area (TPSA) is 72.1 Å². The maximum absolute atomic E-state index is 11.5. The quantitative estimate of drug-likeness (QED) is 0.717. The van der Waals surface area contributed by atoms with E-state index >= 15 is 0 Å². The lowest BCUT2D eigenvalue weighted by Gasteiger charge is -2.19. The normalized spacial score (nSPS) is 10.7. The van der Waals surface area contributed by atoms with Crippen LogP contribution in [0.2, 0.25) is 0 Å². The summed E-state index contributed by atoms with van der Waals surface area (Å²) in [7, 11) is 0. The Labute approximate surface area is 99.2 Å². The number of esters is 1. The molecule has 0 bridgehead atoms. The summed E-state index contributed by atoms with van der Waals surface area (Å²) in [6.07, 6.45) is 1.41. The Bertz CT molecular complexity index is 518. The number of aromatic nitrogens is 1. The fraction of sp³-hybridized carbons (Fsp3) is 0.417. The molecule has 0 saturated carbocycles. The van der Waals surface area contributed by atoms with Crippen molar-refractivity contribution >= 4 is 5.97 Å². The molecule has 0 saturated heterocycles. The van der Waals surface area contributed by atoms with Crippen LogP contribution in [0, 0.1) is 11.3 Å². The summed E-state index contributed by atoms with van der Waals surface area (Å²) in [6.45, 7) is 5.12. The highest BCUT2D eigenvalue weighted by Crippen LogP contribution is 2.07. The van der Waals surface area contributed by atoms with Crippen LogP contribution in [0.25, 0.3) is 0 Å². The van der Waals surface area contributed by atoms with Gasteiger partial charge in [-0.25, -0.2) is 0 Å². The highest BCUT2D eigenvalue weighted by Gasteiger charge is 2.16. The predicted octanol–water partition coefficient (Wildman–Crippen LogP) is 1.06. The first-order chi connectivity index (χ1) is 7.81. The zero-order valence-corrected chi connectivity index (χ0v) is 10.1. The lowest BCUT2D eigenvalue weighted by Crippen LogP contribution is -2.30. The number of hydrogen-bond acceptors (Lipinski definition) is 4. The van der Waals surface area contributed by atoms with Gasteiger partial charge in [-0.2, -0.15) is 5.26 Å². The molecular formula is C12H14N2O3. The first kappa shape index (κ1) is 13.0. The maximum Gasteiger partial charge on any atom is 0.326 e. The number of nitrogens with zero attached hydrogens (tertiary/aromatic N) is 2. The second-order valence-electron chi connectivity index (χ2n) is 4.58. The third-order valence-corrected chi connectivity index (χ3v) is 1.84. The summed E-state index contributed by atoms with van der Waals surface area (Å²) in [5.74, 6) is -0.482. The molecule has 1 rings (SSSR count). The molecule has 5 nitrogen and oxygen atoms in total. The molecule has 1 heterocycles. The lowest BCUT2D eigenvalue weighted by molar-refractivity contribution is -0.155. The first-order valence-electron chi connectivity index (χ1n) is 5.14. The van der Waals surface area contributed by atoms with E-state index in [-0.39, 0.29) is 12.1 Å². The van der Waals surface area contributed by atoms with Gasteiger partial charge in [0.2, 0.25) is 0 Å². The molecule has 90 valence electrons. The van der Waals surface area contributed by atoms with Crippen LogP contribution in [0.1, 0.15) is 26.3 Å². The van der Waals surface area contributed by atoms with Gasteiger partial charge >= 0.3 is 5.97 Å². The van der Waals surface area contributed by atoms with Gasteiger partial charge in [0.05, 0.1) is 11.6 Å². The van der Waals surface area contributed by atoms with Gasteiger partial charge in [-0.15, -0.1) is 0 Å². The van der Waals surface area contributed by atoms with E-state index < -0.39 is 17.1 Å². The van der Waals surface area contributed by atoms with E-state index in [0.717, 1.165) is 0 Å². The van der Waals surface area contributed by atoms with Crippen molar-refractivity contribution < 1.29 is 9.53 Å². The average Bonchev–Trinajstić information content (AvgIpc) is 2.18. The maximum atomic E-state index is 11.5. The van der Waals surface area contributed by atoms with Crippen LogP contribution in [-0.4, -0.2) is 16.1 Å². The van der Waals surface area contributed by atoms with Crippen molar-refractivity contribution in [1.82, 2.24) is 4.57 Å². The molecule has 0 radical (unpaired) electrons. The highest BCUT2D eigenvalue weighted by molar-refractivity contribution is 5.69. The first-order valence-corrected chi connectivity index (χ1v) is 5.14. The zero-order valence-electron chi connectivity index (χ0n) is 10.1. The molecular weight excluding hydrogens is 220 g/mol. The fourth-order valence-electron chi connectivity index (χ4n) is 1.22. The Balaban J connectivity index is 2.80. The van der Waals surface area contributed by atoms with Crippen molar-refractivity contribution in [2.45, 2.75) is 32.9 Å². The van der Waals surface area contributed by atoms with Crippen LogP contribution < -0.4 is 5.56 Å². The lowest BCUT2D eigenvalue weighted by atomic mass is 10.2. The molecule has 0 aliphatic carbocycles. The average molecular weight is 234 g/mol. The van der Waals surface area contributed by atoms with Crippen molar-refractivity contribution in [2.24, 2.45) is 0 Å². The molecule has 0 aliphatic heterocycles. The molecule has 1 aromatic rings. The van der Waals surface area contributed by atoms with E-state index in [4.69, 9.17) is 10.00 Å². The predicted molar refractivity (Wildman–Crippen MR) is 61.3 cm³/mol. The third-order valence-electron chi connectivity index (χ3n) is 1.84. The van der Waals surface area contributed by atoms with Crippen molar-refractivity contribution in [3.05, 3.63) is 34.2 Å². The standard InChI is InChI=1S/C12H14N2O3/c1-12(2,3)17-11(16)8-14-5-4-9(7-13)6-10(14)15/h4-6H,8H2,1-3H3. The summed E-state index contributed by atoms with van der Waals surface area (Å²) in [6, 6.07) is 4.52. The van der Waals surface area contributed by atoms with E-state index in [1.165, 1.54) is 22.9 Å². The van der Waals surface area contributed by atoms with Crippen molar-refractivity contribution in [3.8, 4) is 6.07 Å². The second-order valence-corrected chi connectivity index (χ2v) is 4.58. The molecule has 0 fully saturated rings. The van der Waals surface area contributed by atoms with Crippen LogP contribution >= 0.6 is 0 Å². The van der Waals surface area contributed by atoms with Gasteiger partial charge in [0.25, 0.3) is 5.56 Å². The van der Waals surface area contributed by atoms with Gasteiger partial charge in [0, 0.05) is 12.3 Å². The van der Waals surface area contributed by atoms with E-state index in [1.807, 2.05) is 6.07 Å². The summed E-state index contributed by atoms with van der Waals surface area (Å²) in [5, 5.41) is 8.60. The number of rotatable bonds is 2. The minimum atomic E-state index is -0.576. The van der Waals surface area contributed by atoms with Gasteiger partial charge in [0.1, 0.15) is 12.1 Å². The van der Waals surface area contributed by atoms with Gasteiger partial charge in [0.15, 0.2) is 0 Å². The SMILES string of the molecule is CC(C)(C)OC(=O)Cn1ccc(C#N)cc1=O. The Morgan fingerprint density at radius 3 is 2.65 bits per heavy atom.